The van der Waals surface area contributed by atoms with E-state index in [4.69, 9.17) is 9.47 Å². The van der Waals surface area contributed by atoms with Crippen molar-refractivity contribution in [2.45, 2.75) is 38.4 Å². The number of ether oxygens (including phenoxy) is 3. The fourth-order valence-corrected chi connectivity index (χ4v) is 2.74. The SMILES string of the molecule is CCOC(=O)C1OC1(C)c1ccccc1.COC(=O)C(C)c1ccccc1. The second-order valence-corrected chi connectivity index (χ2v) is 6.38. The van der Waals surface area contributed by atoms with E-state index in [9.17, 15) is 9.59 Å². The first-order chi connectivity index (χ1) is 12.9. The number of benzene rings is 2. The van der Waals surface area contributed by atoms with Crippen molar-refractivity contribution in [2.24, 2.45) is 0 Å². The largest absolute Gasteiger partial charge is 0.469 e. The number of methoxy groups -OCH3 is 1. The molecule has 1 fully saturated rings. The van der Waals surface area contributed by atoms with Crippen molar-refractivity contribution < 1.29 is 23.8 Å². The maximum atomic E-state index is 11.4. The monoisotopic (exact) mass is 370 g/mol. The summed E-state index contributed by atoms with van der Waals surface area (Å²) in [5.41, 5.74) is 1.51. The lowest BCUT2D eigenvalue weighted by atomic mass is 9.97. The van der Waals surface area contributed by atoms with Gasteiger partial charge in [0.2, 0.25) is 0 Å². The van der Waals surface area contributed by atoms with Gasteiger partial charge in [0.25, 0.3) is 0 Å². The quantitative estimate of drug-likeness (QED) is 0.591. The standard InChI is InChI=1S/C12H14O3.C10H12O2/c1-3-14-11(13)10-12(2,15-10)9-7-5-4-6-8-9;1-8(10(11)12-2)9-6-4-3-5-7-9/h4-8,10H,3H2,1-2H3;3-8H,1-2H3. The van der Waals surface area contributed by atoms with Crippen molar-refractivity contribution >= 4 is 11.9 Å². The van der Waals surface area contributed by atoms with Crippen molar-refractivity contribution in [3.05, 3.63) is 71.8 Å². The first kappa shape index (κ1) is 20.6. The Bertz CT molecular complexity index is 744. The molecule has 0 N–H and O–H groups in total. The minimum atomic E-state index is -0.493. The molecule has 0 aliphatic carbocycles. The van der Waals surface area contributed by atoms with Crippen molar-refractivity contribution in [1.82, 2.24) is 0 Å². The van der Waals surface area contributed by atoms with Gasteiger partial charge in [-0.05, 0) is 31.9 Å². The highest BCUT2D eigenvalue weighted by atomic mass is 16.7. The fourth-order valence-electron chi connectivity index (χ4n) is 2.74. The van der Waals surface area contributed by atoms with Gasteiger partial charge in [0.1, 0.15) is 5.60 Å². The third-order valence-electron chi connectivity index (χ3n) is 4.51. The predicted octanol–water partition coefficient (Wildman–Crippen LogP) is 3.83. The van der Waals surface area contributed by atoms with Gasteiger partial charge in [0, 0.05) is 0 Å². The van der Waals surface area contributed by atoms with Crippen LogP contribution in [0.3, 0.4) is 0 Å². The smallest absolute Gasteiger partial charge is 0.338 e. The van der Waals surface area contributed by atoms with Crippen molar-refractivity contribution in [1.29, 1.82) is 0 Å². The summed E-state index contributed by atoms with van der Waals surface area (Å²) in [7, 11) is 1.40. The Balaban J connectivity index is 0.000000199. The minimum absolute atomic E-state index is 0.170. The molecule has 3 atom stereocenters. The molecule has 0 saturated carbocycles. The third kappa shape index (κ3) is 5.17. The van der Waals surface area contributed by atoms with Crippen LogP contribution in [-0.4, -0.2) is 31.8 Å². The maximum absolute atomic E-state index is 11.4. The van der Waals surface area contributed by atoms with Gasteiger partial charge >= 0.3 is 11.9 Å². The first-order valence-electron chi connectivity index (χ1n) is 8.96. The molecule has 27 heavy (non-hydrogen) atoms. The minimum Gasteiger partial charge on any atom is -0.469 e. The molecule has 0 amide bonds. The van der Waals surface area contributed by atoms with E-state index in [2.05, 4.69) is 4.74 Å². The van der Waals surface area contributed by atoms with Crippen LogP contribution in [0.25, 0.3) is 0 Å². The Morgan fingerprint density at radius 2 is 1.63 bits per heavy atom. The molecule has 3 unspecified atom stereocenters. The zero-order valence-electron chi connectivity index (χ0n) is 16.2. The molecule has 1 saturated heterocycles. The van der Waals surface area contributed by atoms with E-state index in [1.165, 1.54) is 7.11 Å². The molecule has 1 aliphatic heterocycles. The number of epoxide rings is 1. The number of rotatable bonds is 5. The van der Waals surface area contributed by atoms with Gasteiger partial charge in [0.15, 0.2) is 6.10 Å². The number of carbonyl (C=O) groups excluding carboxylic acids is 2. The Morgan fingerprint density at radius 1 is 1.07 bits per heavy atom. The molecule has 1 aliphatic rings. The van der Waals surface area contributed by atoms with Crippen molar-refractivity contribution in [2.75, 3.05) is 13.7 Å². The van der Waals surface area contributed by atoms with Gasteiger partial charge in [-0.3, -0.25) is 4.79 Å². The predicted molar refractivity (Wildman–Crippen MR) is 102 cm³/mol. The lowest BCUT2D eigenvalue weighted by molar-refractivity contribution is -0.144. The van der Waals surface area contributed by atoms with E-state index in [-0.39, 0.29) is 17.9 Å². The summed E-state index contributed by atoms with van der Waals surface area (Å²) in [6.45, 7) is 5.93. The van der Waals surface area contributed by atoms with Crippen LogP contribution in [0.5, 0.6) is 0 Å². The highest BCUT2D eigenvalue weighted by Crippen LogP contribution is 2.46. The molecule has 2 aromatic carbocycles. The summed E-state index contributed by atoms with van der Waals surface area (Å²) in [5.74, 6) is -0.638. The van der Waals surface area contributed by atoms with Crippen molar-refractivity contribution in [3.8, 4) is 0 Å². The van der Waals surface area contributed by atoms with Crippen molar-refractivity contribution in [3.63, 3.8) is 0 Å². The molecule has 0 radical (unpaired) electrons. The van der Waals surface area contributed by atoms with Crippen LogP contribution in [0.15, 0.2) is 60.7 Å². The fraction of sp³-hybridized carbons (Fsp3) is 0.364. The van der Waals surface area contributed by atoms with E-state index in [1.54, 1.807) is 6.92 Å². The topological polar surface area (TPSA) is 65.1 Å². The lowest BCUT2D eigenvalue weighted by Gasteiger charge is -2.08. The first-order valence-corrected chi connectivity index (χ1v) is 8.96. The summed E-state index contributed by atoms with van der Waals surface area (Å²) in [6, 6.07) is 19.3. The normalized spacial score (nSPS) is 21.3. The van der Waals surface area contributed by atoms with Gasteiger partial charge in [0.05, 0.1) is 19.6 Å². The molecule has 5 nitrogen and oxygen atoms in total. The highest BCUT2D eigenvalue weighted by molar-refractivity contribution is 5.79. The molecule has 0 aromatic heterocycles. The lowest BCUT2D eigenvalue weighted by Crippen LogP contribution is -2.18. The van der Waals surface area contributed by atoms with Crippen LogP contribution in [-0.2, 0) is 29.4 Å². The zero-order chi connectivity index (χ0) is 19.9. The Morgan fingerprint density at radius 3 is 2.15 bits per heavy atom. The van der Waals surface area contributed by atoms with E-state index in [0.29, 0.717) is 6.61 Å². The summed E-state index contributed by atoms with van der Waals surface area (Å²) in [4.78, 5) is 22.5. The third-order valence-corrected chi connectivity index (χ3v) is 4.51. The van der Waals surface area contributed by atoms with Gasteiger partial charge in [-0.2, -0.15) is 0 Å². The maximum Gasteiger partial charge on any atom is 0.338 e. The number of hydrogen-bond donors (Lipinski definition) is 0. The molecule has 0 spiro atoms. The van der Waals surface area contributed by atoms with E-state index >= 15 is 0 Å². The Labute approximate surface area is 160 Å². The number of carbonyl (C=O) groups is 2. The molecule has 3 rings (SSSR count). The van der Waals surface area contributed by atoms with E-state index < -0.39 is 11.7 Å². The van der Waals surface area contributed by atoms with Crippen LogP contribution in [0.4, 0.5) is 0 Å². The van der Waals surface area contributed by atoms with Gasteiger partial charge in [-0.15, -0.1) is 0 Å². The van der Waals surface area contributed by atoms with Gasteiger partial charge in [-0.25, -0.2) is 4.79 Å². The van der Waals surface area contributed by atoms with Crippen LogP contribution in [0, 0.1) is 0 Å². The van der Waals surface area contributed by atoms with Crippen LogP contribution < -0.4 is 0 Å². The average molecular weight is 370 g/mol. The average Bonchev–Trinajstić information content (AvgIpc) is 3.42. The molecule has 5 heteroatoms. The second kappa shape index (κ2) is 9.33. The molecule has 2 aromatic rings. The highest BCUT2D eigenvalue weighted by Gasteiger charge is 2.59. The molecular formula is C22H26O5. The van der Waals surface area contributed by atoms with E-state index in [0.717, 1.165) is 11.1 Å². The summed E-state index contributed by atoms with van der Waals surface area (Å²) in [5, 5.41) is 0. The van der Waals surface area contributed by atoms with E-state index in [1.807, 2.05) is 74.5 Å². The molecular weight excluding hydrogens is 344 g/mol. The zero-order valence-corrected chi connectivity index (χ0v) is 16.2. The molecule has 1 heterocycles. The summed E-state index contributed by atoms with van der Waals surface area (Å²) in [6.07, 6.45) is -0.445. The molecule has 0 bridgehead atoms. The number of hydrogen-bond acceptors (Lipinski definition) is 5. The Hall–Kier alpha value is -2.66. The van der Waals surface area contributed by atoms with Crippen LogP contribution in [0.1, 0.15) is 37.8 Å². The van der Waals surface area contributed by atoms with Crippen LogP contribution in [0.2, 0.25) is 0 Å². The number of esters is 2. The summed E-state index contributed by atoms with van der Waals surface area (Å²) >= 11 is 0. The van der Waals surface area contributed by atoms with Crippen LogP contribution >= 0.6 is 0 Å². The molecule has 144 valence electrons. The summed E-state index contributed by atoms with van der Waals surface area (Å²) < 4.78 is 15.0. The van der Waals surface area contributed by atoms with Gasteiger partial charge in [-0.1, -0.05) is 60.7 Å². The second-order valence-electron chi connectivity index (χ2n) is 6.38. The van der Waals surface area contributed by atoms with Gasteiger partial charge < -0.3 is 14.2 Å². The Kier molecular flexibility index (Phi) is 7.13.